The summed E-state index contributed by atoms with van der Waals surface area (Å²) in [6, 6.07) is 14.9. The lowest BCUT2D eigenvalue weighted by Crippen LogP contribution is -2.25. The van der Waals surface area contributed by atoms with Crippen LogP contribution in [-0.4, -0.2) is 35.3 Å². The normalized spacial score (nSPS) is 11.0. The molecule has 0 fully saturated rings. The molecule has 0 bridgehead atoms. The number of para-hydroxylation sites is 1. The molecule has 0 unspecified atom stereocenters. The molecule has 146 valence electrons. The van der Waals surface area contributed by atoms with Crippen molar-refractivity contribution < 1.29 is 4.79 Å². The molecule has 0 radical (unpaired) electrons. The lowest BCUT2D eigenvalue weighted by molar-refractivity contribution is -0.113. The summed E-state index contributed by atoms with van der Waals surface area (Å²) in [6.07, 6.45) is 0. The fourth-order valence-corrected chi connectivity index (χ4v) is 3.78. The van der Waals surface area contributed by atoms with Crippen molar-refractivity contribution in [3.8, 4) is 0 Å². The number of anilines is 2. The van der Waals surface area contributed by atoms with Crippen LogP contribution in [0.25, 0.3) is 10.9 Å². The van der Waals surface area contributed by atoms with Gasteiger partial charge in [-0.2, -0.15) is 0 Å². The second kappa shape index (κ2) is 8.48. The quantitative estimate of drug-likeness (QED) is 0.507. The molecule has 0 aliphatic rings. The van der Waals surface area contributed by atoms with Gasteiger partial charge in [-0.1, -0.05) is 23.9 Å². The predicted octanol–water partition coefficient (Wildman–Crippen LogP) is 3.77. The summed E-state index contributed by atoms with van der Waals surface area (Å²) in [4.78, 5) is 31.8. The minimum Gasteiger partial charge on any atom is -0.378 e. The van der Waals surface area contributed by atoms with E-state index in [4.69, 9.17) is 0 Å². The Hall–Kier alpha value is -2.80. The Bertz CT molecular complexity index is 1040. The van der Waals surface area contributed by atoms with Gasteiger partial charge in [-0.15, -0.1) is 0 Å². The molecule has 7 heteroatoms. The zero-order valence-corrected chi connectivity index (χ0v) is 17.3. The van der Waals surface area contributed by atoms with Gasteiger partial charge in [0, 0.05) is 31.5 Å². The van der Waals surface area contributed by atoms with Gasteiger partial charge in [0.25, 0.3) is 5.56 Å². The number of aromatic nitrogens is 2. The molecule has 0 saturated heterocycles. The highest BCUT2D eigenvalue weighted by atomic mass is 32.2. The maximum Gasteiger partial charge on any atom is 0.262 e. The Morgan fingerprint density at radius 1 is 1.14 bits per heavy atom. The second-order valence-electron chi connectivity index (χ2n) is 6.96. The smallest absolute Gasteiger partial charge is 0.262 e. The van der Waals surface area contributed by atoms with Crippen molar-refractivity contribution in [1.82, 2.24) is 9.55 Å². The van der Waals surface area contributed by atoms with Crippen molar-refractivity contribution >= 4 is 39.9 Å². The number of thioether (sulfide) groups is 1. The van der Waals surface area contributed by atoms with E-state index < -0.39 is 0 Å². The highest BCUT2D eigenvalue weighted by Crippen LogP contribution is 2.21. The zero-order chi connectivity index (χ0) is 20.3. The number of amides is 1. The molecule has 6 nitrogen and oxygen atoms in total. The summed E-state index contributed by atoms with van der Waals surface area (Å²) in [5, 5.41) is 4.03. The summed E-state index contributed by atoms with van der Waals surface area (Å²) in [6.45, 7) is 3.88. The van der Waals surface area contributed by atoms with E-state index in [1.165, 1.54) is 11.8 Å². The molecule has 2 aromatic carbocycles. The van der Waals surface area contributed by atoms with Gasteiger partial charge in [-0.3, -0.25) is 14.2 Å². The lowest BCUT2D eigenvalue weighted by atomic mass is 10.2. The number of hydrogen-bond donors (Lipinski definition) is 1. The molecule has 1 heterocycles. The van der Waals surface area contributed by atoms with Crippen LogP contribution < -0.4 is 15.8 Å². The second-order valence-corrected chi connectivity index (χ2v) is 7.90. The molecule has 0 aliphatic heterocycles. The van der Waals surface area contributed by atoms with Gasteiger partial charge >= 0.3 is 0 Å². The number of hydrogen-bond acceptors (Lipinski definition) is 5. The third-order valence-corrected chi connectivity index (χ3v) is 5.24. The number of fused-ring (bicyclic) bond motifs is 1. The Morgan fingerprint density at radius 3 is 2.46 bits per heavy atom. The largest absolute Gasteiger partial charge is 0.378 e. The van der Waals surface area contributed by atoms with E-state index in [1.54, 1.807) is 10.6 Å². The fraction of sp³-hybridized carbons (Fsp3) is 0.286. The van der Waals surface area contributed by atoms with Crippen molar-refractivity contribution in [1.29, 1.82) is 0 Å². The number of nitrogens with one attached hydrogen (secondary N) is 1. The highest BCUT2D eigenvalue weighted by molar-refractivity contribution is 7.99. The average molecular weight is 397 g/mol. The zero-order valence-electron chi connectivity index (χ0n) is 16.5. The molecule has 0 saturated carbocycles. The highest BCUT2D eigenvalue weighted by Gasteiger charge is 2.15. The standard InChI is InChI=1S/C21H24N4O2S/c1-14(2)25-20(27)17-7-5-6-8-18(17)23-21(25)28-13-19(26)22-15-9-11-16(12-10-15)24(3)4/h5-12,14H,13H2,1-4H3,(H,22,26). The number of nitrogens with zero attached hydrogens (tertiary/aromatic N) is 3. The first kappa shape index (κ1) is 19.9. The van der Waals surface area contributed by atoms with E-state index in [2.05, 4.69) is 10.3 Å². The Labute approximate surface area is 168 Å². The van der Waals surface area contributed by atoms with Crippen LogP contribution >= 0.6 is 11.8 Å². The third-order valence-electron chi connectivity index (χ3n) is 4.29. The maximum atomic E-state index is 12.8. The monoisotopic (exact) mass is 396 g/mol. The van der Waals surface area contributed by atoms with Gasteiger partial charge in [-0.05, 0) is 50.2 Å². The van der Waals surface area contributed by atoms with Crippen molar-refractivity contribution in [2.75, 3.05) is 30.1 Å². The third kappa shape index (κ3) is 4.36. The van der Waals surface area contributed by atoms with Crippen LogP contribution in [-0.2, 0) is 4.79 Å². The van der Waals surface area contributed by atoms with Crippen LogP contribution in [0.5, 0.6) is 0 Å². The molecule has 0 atom stereocenters. The topological polar surface area (TPSA) is 67.2 Å². The number of carbonyl (C=O) groups is 1. The molecular weight excluding hydrogens is 372 g/mol. The molecule has 3 aromatic rings. The van der Waals surface area contributed by atoms with E-state index >= 15 is 0 Å². The number of benzene rings is 2. The number of rotatable bonds is 6. The minimum absolute atomic E-state index is 0.0475. The van der Waals surface area contributed by atoms with Gasteiger partial charge in [-0.25, -0.2) is 4.98 Å². The summed E-state index contributed by atoms with van der Waals surface area (Å²) in [7, 11) is 3.93. The van der Waals surface area contributed by atoms with Crippen LogP contribution in [0.15, 0.2) is 58.5 Å². The average Bonchev–Trinajstić information content (AvgIpc) is 2.66. The molecule has 3 rings (SSSR count). The minimum atomic E-state index is -0.139. The van der Waals surface area contributed by atoms with E-state index in [-0.39, 0.29) is 23.3 Å². The Kier molecular flexibility index (Phi) is 6.04. The van der Waals surface area contributed by atoms with E-state index in [0.717, 1.165) is 11.4 Å². The molecule has 1 amide bonds. The summed E-state index contributed by atoms with van der Waals surface area (Å²) < 4.78 is 1.64. The molecule has 1 aromatic heterocycles. The van der Waals surface area contributed by atoms with Crippen molar-refractivity contribution in [3.63, 3.8) is 0 Å². The van der Waals surface area contributed by atoms with Crippen molar-refractivity contribution in [2.45, 2.75) is 25.0 Å². The predicted molar refractivity (Wildman–Crippen MR) is 117 cm³/mol. The Morgan fingerprint density at radius 2 is 1.82 bits per heavy atom. The van der Waals surface area contributed by atoms with Crippen LogP contribution in [0.3, 0.4) is 0 Å². The van der Waals surface area contributed by atoms with Gasteiger partial charge in [0.15, 0.2) is 5.16 Å². The number of carbonyl (C=O) groups excluding carboxylic acids is 1. The molecule has 0 aliphatic carbocycles. The first-order chi connectivity index (χ1) is 13.4. The van der Waals surface area contributed by atoms with E-state index in [1.807, 2.05) is 75.3 Å². The first-order valence-electron chi connectivity index (χ1n) is 9.08. The molecular formula is C21H24N4O2S. The van der Waals surface area contributed by atoms with Gasteiger partial charge < -0.3 is 10.2 Å². The summed E-state index contributed by atoms with van der Waals surface area (Å²) >= 11 is 1.27. The van der Waals surface area contributed by atoms with E-state index in [9.17, 15) is 9.59 Å². The molecule has 28 heavy (non-hydrogen) atoms. The lowest BCUT2D eigenvalue weighted by Gasteiger charge is -2.16. The maximum absolute atomic E-state index is 12.8. The van der Waals surface area contributed by atoms with Crippen LogP contribution in [0.1, 0.15) is 19.9 Å². The van der Waals surface area contributed by atoms with Crippen LogP contribution in [0, 0.1) is 0 Å². The van der Waals surface area contributed by atoms with Gasteiger partial charge in [0.05, 0.1) is 16.7 Å². The van der Waals surface area contributed by atoms with Gasteiger partial charge in [0.1, 0.15) is 0 Å². The van der Waals surface area contributed by atoms with Crippen LogP contribution in [0.4, 0.5) is 11.4 Å². The van der Waals surface area contributed by atoms with Crippen molar-refractivity contribution in [3.05, 3.63) is 58.9 Å². The summed E-state index contributed by atoms with van der Waals surface area (Å²) in [5.74, 6) is 0.0349. The van der Waals surface area contributed by atoms with E-state index in [0.29, 0.717) is 16.1 Å². The fourth-order valence-electron chi connectivity index (χ4n) is 2.85. The SMILES string of the molecule is CC(C)n1c(SCC(=O)Nc2ccc(N(C)C)cc2)nc2ccccc2c1=O. The molecule has 1 N–H and O–H groups in total. The molecule has 0 spiro atoms. The van der Waals surface area contributed by atoms with Crippen LogP contribution in [0.2, 0.25) is 0 Å². The first-order valence-corrected chi connectivity index (χ1v) is 10.1. The summed E-state index contributed by atoms with van der Waals surface area (Å²) in [5.41, 5.74) is 2.37. The van der Waals surface area contributed by atoms with Crippen molar-refractivity contribution in [2.24, 2.45) is 0 Å². The Balaban J connectivity index is 1.76. The van der Waals surface area contributed by atoms with Gasteiger partial charge in [0.2, 0.25) is 5.91 Å².